The fourth-order valence-electron chi connectivity index (χ4n) is 3.06. The lowest BCUT2D eigenvalue weighted by atomic mass is 9.94. The van der Waals surface area contributed by atoms with Crippen molar-refractivity contribution < 1.29 is 8.78 Å². The molecule has 3 rings (SSSR count). The number of aromatic nitrogens is 2. The lowest BCUT2D eigenvalue weighted by Gasteiger charge is -2.29. The van der Waals surface area contributed by atoms with E-state index in [9.17, 15) is 8.78 Å². The molecule has 0 bridgehead atoms. The van der Waals surface area contributed by atoms with Crippen LogP contribution in [0.3, 0.4) is 0 Å². The van der Waals surface area contributed by atoms with Gasteiger partial charge in [-0.2, -0.15) is 0 Å². The Morgan fingerprint density at radius 1 is 1.29 bits per heavy atom. The lowest BCUT2D eigenvalue weighted by Crippen LogP contribution is -2.30. The number of imidazole rings is 1. The zero-order valence-electron chi connectivity index (χ0n) is 12.1. The highest BCUT2D eigenvalue weighted by molar-refractivity contribution is 5.79. The predicted molar refractivity (Wildman–Crippen MR) is 78.9 cm³/mol. The summed E-state index contributed by atoms with van der Waals surface area (Å²) in [6, 6.07) is 2.15. The van der Waals surface area contributed by atoms with Crippen molar-refractivity contribution in [1.82, 2.24) is 14.5 Å². The van der Waals surface area contributed by atoms with E-state index in [1.54, 1.807) is 4.57 Å². The highest BCUT2D eigenvalue weighted by Crippen LogP contribution is 2.25. The zero-order chi connectivity index (χ0) is 15.0. The second-order valence-corrected chi connectivity index (χ2v) is 5.91. The van der Waals surface area contributed by atoms with E-state index in [0.717, 1.165) is 38.4 Å². The zero-order valence-corrected chi connectivity index (χ0v) is 12.1. The molecule has 0 amide bonds. The Balaban J connectivity index is 1.79. The molecule has 1 fully saturated rings. The van der Waals surface area contributed by atoms with Crippen molar-refractivity contribution in [3.63, 3.8) is 0 Å². The number of halogens is 2. The third kappa shape index (κ3) is 2.85. The van der Waals surface area contributed by atoms with E-state index in [2.05, 4.69) is 16.9 Å². The number of hydrogen-bond acceptors (Lipinski definition) is 3. The number of rotatable bonds is 3. The van der Waals surface area contributed by atoms with Crippen molar-refractivity contribution in [1.29, 1.82) is 0 Å². The third-order valence-corrected chi connectivity index (χ3v) is 4.40. The molecule has 114 valence electrons. The normalized spacial score (nSPS) is 17.7. The van der Waals surface area contributed by atoms with Gasteiger partial charge in [0.25, 0.3) is 0 Å². The maximum absolute atomic E-state index is 13.7. The van der Waals surface area contributed by atoms with Gasteiger partial charge in [-0.1, -0.05) is 0 Å². The first-order chi connectivity index (χ1) is 10.0. The standard InChI is InChI=1S/C15H20F2N4/c1-20-5-2-10(3-6-20)4-7-21-13-9-11(16)8-12(17)14(13)19-15(21)18/h8-10H,2-7H2,1H3,(H2,18,19). The van der Waals surface area contributed by atoms with E-state index in [-0.39, 0.29) is 11.5 Å². The van der Waals surface area contributed by atoms with Crippen LogP contribution in [-0.4, -0.2) is 34.6 Å². The highest BCUT2D eigenvalue weighted by Gasteiger charge is 2.18. The van der Waals surface area contributed by atoms with E-state index in [0.29, 0.717) is 18.0 Å². The molecule has 21 heavy (non-hydrogen) atoms. The molecule has 1 aliphatic heterocycles. The Labute approximate surface area is 122 Å². The number of nitrogens with zero attached hydrogens (tertiary/aromatic N) is 3. The number of likely N-dealkylation sites (tertiary alicyclic amines) is 1. The van der Waals surface area contributed by atoms with E-state index >= 15 is 0 Å². The van der Waals surface area contributed by atoms with Gasteiger partial charge in [-0.15, -0.1) is 0 Å². The number of nitrogens with two attached hydrogens (primary N) is 1. The van der Waals surface area contributed by atoms with Gasteiger partial charge in [0.1, 0.15) is 11.3 Å². The number of nitrogen functional groups attached to an aromatic ring is 1. The Morgan fingerprint density at radius 2 is 2.00 bits per heavy atom. The number of benzene rings is 1. The molecular formula is C15H20F2N4. The molecule has 0 unspecified atom stereocenters. The molecule has 1 aliphatic rings. The SMILES string of the molecule is CN1CCC(CCn2c(N)nc3c(F)cc(F)cc32)CC1. The topological polar surface area (TPSA) is 47.1 Å². The van der Waals surface area contributed by atoms with Crippen molar-refractivity contribution in [2.45, 2.75) is 25.8 Å². The molecule has 1 aromatic heterocycles. The summed E-state index contributed by atoms with van der Waals surface area (Å²) in [4.78, 5) is 6.34. The van der Waals surface area contributed by atoms with Crippen LogP contribution in [0.5, 0.6) is 0 Å². The summed E-state index contributed by atoms with van der Waals surface area (Å²) >= 11 is 0. The fraction of sp³-hybridized carbons (Fsp3) is 0.533. The molecule has 1 saturated heterocycles. The minimum Gasteiger partial charge on any atom is -0.369 e. The number of anilines is 1. The van der Waals surface area contributed by atoms with Gasteiger partial charge in [-0.3, -0.25) is 0 Å². The Kier molecular flexibility index (Phi) is 3.80. The Morgan fingerprint density at radius 3 is 2.71 bits per heavy atom. The number of aryl methyl sites for hydroxylation is 1. The first-order valence-electron chi connectivity index (χ1n) is 7.34. The summed E-state index contributed by atoms with van der Waals surface area (Å²) in [5, 5.41) is 0. The molecule has 0 atom stereocenters. The summed E-state index contributed by atoms with van der Waals surface area (Å²) in [5.41, 5.74) is 6.46. The van der Waals surface area contributed by atoms with Crippen LogP contribution in [-0.2, 0) is 6.54 Å². The van der Waals surface area contributed by atoms with Gasteiger partial charge in [0.05, 0.1) is 5.52 Å². The summed E-state index contributed by atoms with van der Waals surface area (Å²) in [7, 11) is 2.13. The molecule has 0 aliphatic carbocycles. The minimum absolute atomic E-state index is 0.150. The first-order valence-corrected chi connectivity index (χ1v) is 7.34. The third-order valence-electron chi connectivity index (χ3n) is 4.40. The average molecular weight is 294 g/mol. The smallest absolute Gasteiger partial charge is 0.201 e. The molecule has 1 aromatic carbocycles. The van der Waals surface area contributed by atoms with E-state index in [1.807, 2.05) is 0 Å². The molecule has 0 saturated carbocycles. The van der Waals surface area contributed by atoms with Gasteiger partial charge in [-0.05, 0) is 45.3 Å². The fourth-order valence-corrected chi connectivity index (χ4v) is 3.06. The monoisotopic (exact) mass is 294 g/mol. The van der Waals surface area contributed by atoms with Gasteiger partial charge in [0.15, 0.2) is 5.82 Å². The molecule has 0 spiro atoms. The molecule has 0 radical (unpaired) electrons. The van der Waals surface area contributed by atoms with Crippen LogP contribution >= 0.6 is 0 Å². The van der Waals surface area contributed by atoms with Crippen LogP contribution in [0, 0.1) is 17.6 Å². The van der Waals surface area contributed by atoms with Gasteiger partial charge in [0, 0.05) is 18.7 Å². The van der Waals surface area contributed by atoms with Crippen LogP contribution in [0.25, 0.3) is 11.0 Å². The quantitative estimate of drug-likeness (QED) is 0.946. The van der Waals surface area contributed by atoms with E-state index < -0.39 is 11.6 Å². The maximum Gasteiger partial charge on any atom is 0.201 e. The second-order valence-electron chi connectivity index (χ2n) is 5.91. The first kappa shape index (κ1) is 14.3. The molecule has 4 nitrogen and oxygen atoms in total. The Hall–Kier alpha value is -1.69. The van der Waals surface area contributed by atoms with Gasteiger partial charge in [-0.25, -0.2) is 13.8 Å². The van der Waals surface area contributed by atoms with Crippen LogP contribution in [0.2, 0.25) is 0 Å². The largest absolute Gasteiger partial charge is 0.369 e. The molecule has 2 aromatic rings. The van der Waals surface area contributed by atoms with Crippen LogP contribution in [0.1, 0.15) is 19.3 Å². The molecule has 2 heterocycles. The number of fused-ring (bicyclic) bond motifs is 1. The van der Waals surface area contributed by atoms with Crippen LogP contribution < -0.4 is 5.73 Å². The summed E-state index contributed by atoms with van der Waals surface area (Å²) < 4.78 is 28.8. The van der Waals surface area contributed by atoms with E-state index in [1.165, 1.54) is 6.07 Å². The van der Waals surface area contributed by atoms with E-state index in [4.69, 9.17) is 5.73 Å². The molecular weight excluding hydrogens is 274 g/mol. The maximum atomic E-state index is 13.7. The summed E-state index contributed by atoms with van der Waals surface area (Å²) in [6.45, 7) is 2.86. The minimum atomic E-state index is -0.658. The summed E-state index contributed by atoms with van der Waals surface area (Å²) in [5.74, 6) is -0.367. The number of piperidine rings is 1. The highest BCUT2D eigenvalue weighted by atomic mass is 19.1. The predicted octanol–water partition coefficient (Wildman–Crippen LogP) is 2.63. The molecule has 6 heteroatoms. The van der Waals surface area contributed by atoms with Crippen LogP contribution in [0.4, 0.5) is 14.7 Å². The average Bonchev–Trinajstić information content (AvgIpc) is 2.75. The van der Waals surface area contributed by atoms with Crippen molar-refractivity contribution in [2.24, 2.45) is 5.92 Å². The van der Waals surface area contributed by atoms with Crippen molar-refractivity contribution >= 4 is 17.0 Å². The Bertz CT molecular complexity index is 645. The van der Waals surface area contributed by atoms with Gasteiger partial charge >= 0.3 is 0 Å². The van der Waals surface area contributed by atoms with Crippen LogP contribution in [0.15, 0.2) is 12.1 Å². The van der Waals surface area contributed by atoms with Crippen molar-refractivity contribution in [3.8, 4) is 0 Å². The number of hydrogen-bond donors (Lipinski definition) is 1. The van der Waals surface area contributed by atoms with Gasteiger partial charge < -0.3 is 15.2 Å². The van der Waals surface area contributed by atoms with Crippen molar-refractivity contribution in [3.05, 3.63) is 23.8 Å². The second kappa shape index (κ2) is 5.60. The summed E-state index contributed by atoms with van der Waals surface area (Å²) in [6.07, 6.45) is 3.28. The lowest BCUT2D eigenvalue weighted by molar-refractivity contribution is 0.208. The molecule has 2 N–H and O–H groups in total. The van der Waals surface area contributed by atoms with Crippen molar-refractivity contribution in [2.75, 3.05) is 25.9 Å². The van der Waals surface area contributed by atoms with Gasteiger partial charge in [0.2, 0.25) is 5.95 Å².